The summed E-state index contributed by atoms with van der Waals surface area (Å²) < 4.78 is 5.59. The molecule has 5 nitrogen and oxygen atoms in total. The fourth-order valence-electron chi connectivity index (χ4n) is 2.38. The molecule has 0 amide bonds. The Morgan fingerprint density at radius 1 is 1.29 bits per heavy atom. The first-order valence-electron chi connectivity index (χ1n) is 7.46. The zero-order valence-electron chi connectivity index (χ0n) is 13.1. The highest BCUT2D eigenvalue weighted by Crippen LogP contribution is 2.24. The third-order valence-electron chi connectivity index (χ3n) is 3.66. The maximum atomic E-state index is 12.3. The summed E-state index contributed by atoms with van der Waals surface area (Å²) in [6, 6.07) is 5.30. The van der Waals surface area contributed by atoms with Gasteiger partial charge < -0.3 is 15.4 Å². The molecule has 2 N–H and O–H groups in total. The maximum Gasteiger partial charge on any atom is 0.176 e. The van der Waals surface area contributed by atoms with Crippen LogP contribution >= 0.6 is 0 Å². The van der Waals surface area contributed by atoms with Crippen molar-refractivity contribution in [1.29, 1.82) is 0 Å². The summed E-state index contributed by atoms with van der Waals surface area (Å²) in [6.07, 6.45) is 0.0687. The molecule has 1 saturated heterocycles. The van der Waals surface area contributed by atoms with Gasteiger partial charge in [0.15, 0.2) is 5.78 Å². The molecular formula is C16H25N3O2. The number of nitrogen functional groups attached to an aromatic ring is 1. The zero-order valence-corrected chi connectivity index (χ0v) is 13.1. The van der Waals surface area contributed by atoms with E-state index < -0.39 is 0 Å². The fraction of sp³-hybridized carbons (Fsp3) is 0.562. The van der Waals surface area contributed by atoms with Crippen molar-refractivity contribution < 1.29 is 9.53 Å². The number of benzene rings is 1. The smallest absolute Gasteiger partial charge is 0.176 e. The molecule has 2 rings (SSSR count). The van der Waals surface area contributed by atoms with Gasteiger partial charge >= 0.3 is 0 Å². The lowest BCUT2D eigenvalue weighted by Gasteiger charge is -2.31. The van der Waals surface area contributed by atoms with Crippen LogP contribution in [0.2, 0.25) is 0 Å². The second-order valence-electron chi connectivity index (χ2n) is 5.92. The van der Waals surface area contributed by atoms with Crippen molar-refractivity contribution in [3.8, 4) is 5.75 Å². The summed E-state index contributed by atoms with van der Waals surface area (Å²) in [7, 11) is 2.10. The van der Waals surface area contributed by atoms with Crippen LogP contribution in [0.4, 0.5) is 5.69 Å². The first kappa shape index (κ1) is 15.8. The predicted octanol–water partition coefficient (Wildman–Crippen LogP) is 1.49. The number of ketones is 1. The molecule has 0 saturated carbocycles. The lowest BCUT2D eigenvalue weighted by Crippen LogP contribution is -2.46. The van der Waals surface area contributed by atoms with E-state index in [4.69, 9.17) is 10.5 Å². The molecule has 1 heterocycles. The highest BCUT2D eigenvalue weighted by molar-refractivity contribution is 5.98. The fourth-order valence-corrected chi connectivity index (χ4v) is 2.38. The number of carbonyl (C=O) groups is 1. The molecule has 0 radical (unpaired) electrons. The van der Waals surface area contributed by atoms with Crippen molar-refractivity contribution in [2.24, 2.45) is 0 Å². The van der Waals surface area contributed by atoms with E-state index in [9.17, 15) is 4.79 Å². The second-order valence-corrected chi connectivity index (χ2v) is 5.92. The average molecular weight is 291 g/mol. The van der Waals surface area contributed by atoms with Crippen LogP contribution in [0, 0.1) is 0 Å². The number of rotatable bonds is 5. The number of likely N-dealkylation sites (N-methyl/N-ethyl adjacent to an activating group) is 1. The van der Waals surface area contributed by atoms with Gasteiger partial charge in [-0.25, -0.2) is 0 Å². The topological polar surface area (TPSA) is 58.8 Å². The quantitative estimate of drug-likeness (QED) is 0.658. The number of ether oxygens (including phenoxy) is 1. The van der Waals surface area contributed by atoms with Crippen LogP contribution in [0.1, 0.15) is 24.2 Å². The van der Waals surface area contributed by atoms with E-state index >= 15 is 0 Å². The summed E-state index contributed by atoms with van der Waals surface area (Å²) in [5.74, 6) is 0.753. The van der Waals surface area contributed by atoms with Crippen molar-refractivity contribution >= 4 is 11.5 Å². The first-order chi connectivity index (χ1) is 9.95. The number of piperazine rings is 1. The maximum absolute atomic E-state index is 12.3. The Morgan fingerprint density at radius 3 is 2.52 bits per heavy atom. The molecule has 1 aliphatic heterocycles. The van der Waals surface area contributed by atoms with Gasteiger partial charge in [-0.15, -0.1) is 0 Å². The molecule has 1 aromatic carbocycles. The zero-order chi connectivity index (χ0) is 15.4. The van der Waals surface area contributed by atoms with E-state index in [0.717, 1.165) is 26.2 Å². The molecule has 116 valence electrons. The Balaban J connectivity index is 1.98. The molecule has 0 atom stereocenters. The van der Waals surface area contributed by atoms with Gasteiger partial charge in [0, 0.05) is 31.7 Å². The van der Waals surface area contributed by atoms with Crippen molar-refractivity contribution in [3.05, 3.63) is 23.8 Å². The first-order valence-corrected chi connectivity index (χ1v) is 7.46. The van der Waals surface area contributed by atoms with Crippen LogP contribution in [0.5, 0.6) is 5.75 Å². The Labute approximate surface area is 126 Å². The Morgan fingerprint density at radius 2 is 1.95 bits per heavy atom. The number of hydrogen-bond donors (Lipinski definition) is 1. The SMILES string of the molecule is CC(C)Oc1ccc(C(=O)CN2CCN(C)CC2)cc1N. The average Bonchev–Trinajstić information content (AvgIpc) is 2.43. The van der Waals surface area contributed by atoms with Gasteiger partial charge in [0.1, 0.15) is 5.75 Å². The lowest BCUT2D eigenvalue weighted by molar-refractivity contribution is 0.0876. The standard InChI is InChI=1S/C16H25N3O2/c1-12(2)21-16-5-4-13(10-14(16)17)15(20)11-19-8-6-18(3)7-9-19/h4-5,10,12H,6-9,11,17H2,1-3H3. The van der Waals surface area contributed by atoms with Gasteiger partial charge in [-0.1, -0.05) is 0 Å². The third kappa shape index (κ3) is 4.44. The summed E-state index contributed by atoms with van der Waals surface area (Å²) in [4.78, 5) is 16.8. The molecule has 21 heavy (non-hydrogen) atoms. The van der Waals surface area contributed by atoms with Crippen molar-refractivity contribution in [2.75, 3.05) is 45.5 Å². The highest BCUT2D eigenvalue weighted by atomic mass is 16.5. The van der Waals surface area contributed by atoms with Crippen LogP contribution in [0.25, 0.3) is 0 Å². The molecule has 1 fully saturated rings. The van der Waals surface area contributed by atoms with E-state index in [1.807, 2.05) is 13.8 Å². The van der Waals surface area contributed by atoms with Crippen LogP contribution in [-0.2, 0) is 0 Å². The molecule has 1 aliphatic rings. The number of nitrogens with zero attached hydrogens (tertiary/aromatic N) is 2. The number of nitrogens with two attached hydrogens (primary N) is 1. The molecular weight excluding hydrogens is 266 g/mol. The normalized spacial score (nSPS) is 17.1. The largest absolute Gasteiger partial charge is 0.489 e. The Hall–Kier alpha value is -1.59. The van der Waals surface area contributed by atoms with Crippen molar-refractivity contribution in [3.63, 3.8) is 0 Å². The van der Waals surface area contributed by atoms with Crippen molar-refractivity contribution in [2.45, 2.75) is 20.0 Å². The molecule has 5 heteroatoms. The number of anilines is 1. The minimum absolute atomic E-state index is 0.0687. The lowest BCUT2D eigenvalue weighted by atomic mass is 10.1. The molecule has 1 aromatic rings. The van der Waals surface area contributed by atoms with Crippen LogP contribution < -0.4 is 10.5 Å². The van der Waals surface area contributed by atoms with Gasteiger partial charge in [0.25, 0.3) is 0 Å². The van der Waals surface area contributed by atoms with Gasteiger partial charge in [-0.2, -0.15) is 0 Å². The molecule has 0 aromatic heterocycles. The summed E-state index contributed by atoms with van der Waals surface area (Å²) in [6.45, 7) is 8.25. The van der Waals surface area contributed by atoms with Gasteiger partial charge in [0.2, 0.25) is 0 Å². The minimum Gasteiger partial charge on any atom is -0.489 e. The van der Waals surface area contributed by atoms with Gasteiger partial charge in [-0.3, -0.25) is 9.69 Å². The monoisotopic (exact) mass is 291 g/mol. The van der Waals surface area contributed by atoms with Crippen LogP contribution in [0.3, 0.4) is 0 Å². The van der Waals surface area contributed by atoms with E-state index in [2.05, 4.69) is 16.8 Å². The van der Waals surface area contributed by atoms with E-state index in [0.29, 0.717) is 23.5 Å². The van der Waals surface area contributed by atoms with E-state index in [1.54, 1.807) is 18.2 Å². The van der Waals surface area contributed by atoms with Crippen molar-refractivity contribution in [1.82, 2.24) is 9.80 Å². The molecule has 0 unspecified atom stereocenters. The minimum atomic E-state index is 0.0687. The van der Waals surface area contributed by atoms with Crippen LogP contribution in [0.15, 0.2) is 18.2 Å². The number of Topliss-reactive ketones (excluding diaryl/α,β-unsaturated/α-hetero) is 1. The summed E-state index contributed by atoms with van der Waals surface area (Å²) in [5.41, 5.74) is 7.14. The Kier molecular flexibility index (Phi) is 5.20. The second kappa shape index (κ2) is 6.91. The molecule has 0 spiro atoms. The number of carbonyl (C=O) groups excluding carboxylic acids is 1. The summed E-state index contributed by atoms with van der Waals surface area (Å²) in [5, 5.41) is 0. The predicted molar refractivity (Wildman–Crippen MR) is 84.9 cm³/mol. The van der Waals surface area contributed by atoms with E-state index in [-0.39, 0.29) is 11.9 Å². The number of hydrogen-bond acceptors (Lipinski definition) is 5. The molecule has 0 bridgehead atoms. The molecule has 0 aliphatic carbocycles. The van der Waals surface area contributed by atoms with Gasteiger partial charge in [-0.05, 0) is 39.1 Å². The highest BCUT2D eigenvalue weighted by Gasteiger charge is 2.18. The van der Waals surface area contributed by atoms with Gasteiger partial charge in [0.05, 0.1) is 18.3 Å². The van der Waals surface area contributed by atoms with E-state index in [1.165, 1.54) is 0 Å². The third-order valence-corrected chi connectivity index (χ3v) is 3.66. The van der Waals surface area contributed by atoms with Crippen LogP contribution in [-0.4, -0.2) is 61.5 Å². The summed E-state index contributed by atoms with van der Waals surface area (Å²) >= 11 is 0. The Bertz CT molecular complexity index is 494.